The monoisotopic (exact) mass is 347 g/mol. The highest BCUT2D eigenvalue weighted by atomic mass is 32.2. The van der Waals surface area contributed by atoms with Gasteiger partial charge in [-0.3, -0.25) is 4.90 Å². The van der Waals surface area contributed by atoms with E-state index in [9.17, 15) is 12.8 Å². The molecule has 2 N–H and O–H groups in total. The standard InChI is InChI=1S/C14H22FN3O4S/c1-21-12-9-11(15)14(10-13(12)22-2)23(19,20)17-5-8-18-6-3-16-4-7-18/h9-10,16-17H,3-8H2,1-2H3. The van der Waals surface area contributed by atoms with E-state index in [0.29, 0.717) is 6.54 Å². The summed E-state index contributed by atoms with van der Waals surface area (Å²) in [5, 5.41) is 3.22. The van der Waals surface area contributed by atoms with Crippen molar-refractivity contribution in [2.45, 2.75) is 4.90 Å². The minimum atomic E-state index is -3.95. The van der Waals surface area contributed by atoms with Crippen molar-refractivity contribution in [3.05, 3.63) is 17.9 Å². The van der Waals surface area contributed by atoms with Crippen molar-refractivity contribution >= 4 is 10.0 Å². The molecule has 7 nitrogen and oxygen atoms in total. The van der Waals surface area contributed by atoms with E-state index in [1.165, 1.54) is 14.2 Å². The molecule has 1 aliphatic heterocycles. The molecule has 0 saturated carbocycles. The van der Waals surface area contributed by atoms with Crippen LogP contribution in [0.1, 0.15) is 0 Å². The van der Waals surface area contributed by atoms with E-state index in [1.54, 1.807) is 0 Å². The zero-order valence-corrected chi connectivity index (χ0v) is 14.1. The maximum atomic E-state index is 14.1. The normalized spacial score (nSPS) is 16.3. The van der Waals surface area contributed by atoms with Crippen molar-refractivity contribution < 1.29 is 22.3 Å². The van der Waals surface area contributed by atoms with Crippen LogP contribution in [0.15, 0.2) is 17.0 Å². The van der Waals surface area contributed by atoms with Gasteiger partial charge in [-0.1, -0.05) is 0 Å². The summed E-state index contributed by atoms with van der Waals surface area (Å²) < 4.78 is 51.0. The summed E-state index contributed by atoms with van der Waals surface area (Å²) in [6.45, 7) is 4.30. The molecule has 0 amide bonds. The number of hydrogen-bond acceptors (Lipinski definition) is 6. The van der Waals surface area contributed by atoms with E-state index in [0.717, 1.165) is 38.3 Å². The fourth-order valence-electron chi connectivity index (χ4n) is 2.39. The molecule has 1 fully saturated rings. The van der Waals surface area contributed by atoms with E-state index in [2.05, 4.69) is 14.9 Å². The van der Waals surface area contributed by atoms with E-state index in [4.69, 9.17) is 9.47 Å². The Bertz CT molecular complexity index is 633. The van der Waals surface area contributed by atoms with Crippen LogP contribution in [0.25, 0.3) is 0 Å². The van der Waals surface area contributed by atoms with Gasteiger partial charge in [-0.25, -0.2) is 17.5 Å². The Kier molecular flexibility index (Phi) is 6.17. The molecule has 1 heterocycles. The summed E-state index contributed by atoms with van der Waals surface area (Å²) in [6.07, 6.45) is 0. The average Bonchev–Trinajstić information content (AvgIpc) is 2.55. The van der Waals surface area contributed by atoms with Crippen LogP contribution >= 0.6 is 0 Å². The highest BCUT2D eigenvalue weighted by molar-refractivity contribution is 7.89. The first-order valence-electron chi connectivity index (χ1n) is 7.32. The highest BCUT2D eigenvalue weighted by Gasteiger charge is 2.22. The molecule has 0 unspecified atom stereocenters. The van der Waals surface area contributed by atoms with Gasteiger partial charge in [0, 0.05) is 51.4 Å². The van der Waals surface area contributed by atoms with Gasteiger partial charge in [0.2, 0.25) is 10.0 Å². The van der Waals surface area contributed by atoms with Crippen LogP contribution in [0.2, 0.25) is 0 Å². The fourth-order valence-corrected chi connectivity index (χ4v) is 3.49. The Labute approximate surface area is 135 Å². The van der Waals surface area contributed by atoms with E-state index in [-0.39, 0.29) is 18.0 Å². The van der Waals surface area contributed by atoms with Crippen LogP contribution in [-0.4, -0.2) is 66.8 Å². The van der Waals surface area contributed by atoms with Crippen molar-refractivity contribution in [3.63, 3.8) is 0 Å². The van der Waals surface area contributed by atoms with Gasteiger partial charge >= 0.3 is 0 Å². The number of hydrogen-bond donors (Lipinski definition) is 2. The third kappa shape index (κ3) is 4.54. The maximum absolute atomic E-state index is 14.1. The number of ether oxygens (including phenoxy) is 2. The molecule has 0 spiro atoms. The summed E-state index contributed by atoms with van der Waals surface area (Å²) in [5.41, 5.74) is 0. The Morgan fingerprint density at radius 2 is 1.83 bits per heavy atom. The van der Waals surface area contributed by atoms with Crippen LogP contribution in [0.5, 0.6) is 11.5 Å². The third-order valence-corrected chi connectivity index (χ3v) is 5.13. The Morgan fingerprint density at radius 1 is 1.22 bits per heavy atom. The second-order valence-corrected chi connectivity index (χ2v) is 6.86. The third-order valence-electron chi connectivity index (χ3n) is 3.66. The van der Waals surface area contributed by atoms with Crippen molar-refractivity contribution in [2.24, 2.45) is 0 Å². The largest absolute Gasteiger partial charge is 0.493 e. The number of methoxy groups -OCH3 is 2. The molecular formula is C14H22FN3O4S. The lowest BCUT2D eigenvalue weighted by Gasteiger charge is -2.27. The molecule has 1 aromatic carbocycles. The van der Waals surface area contributed by atoms with Gasteiger partial charge in [0.1, 0.15) is 10.7 Å². The Morgan fingerprint density at radius 3 is 2.43 bits per heavy atom. The second kappa shape index (κ2) is 7.91. The summed E-state index contributed by atoms with van der Waals surface area (Å²) in [5.74, 6) is -0.571. The first-order chi connectivity index (χ1) is 11.0. The van der Waals surface area contributed by atoms with Crippen LogP contribution in [0.3, 0.4) is 0 Å². The van der Waals surface area contributed by atoms with Crippen molar-refractivity contribution in [3.8, 4) is 11.5 Å². The van der Waals surface area contributed by atoms with Crippen LogP contribution in [0, 0.1) is 5.82 Å². The number of benzene rings is 1. The topological polar surface area (TPSA) is 79.9 Å². The van der Waals surface area contributed by atoms with Crippen LogP contribution < -0.4 is 19.5 Å². The molecule has 1 saturated heterocycles. The van der Waals surface area contributed by atoms with Crippen molar-refractivity contribution in [1.29, 1.82) is 0 Å². The SMILES string of the molecule is COc1cc(F)c(S(=O)(=O)NCCN2CCNCC2)cc1OC. The molecule has 23 heavy (non-hydrogen) atoms. The van der Waals surface area contributed by atoms with Crippen molar-refractivity contribution in [1.82, 2.24) is 14.9 Å². The molecule has 0 atom stereocenters. The molecule has 0 aliphatic carbocycles. The number of halogens is 1. The highest BCUT2D eigenvalue weighted by Crippen LogP contribution is 2.31. The maximum Gasteiger partial charge on any atom is 0.243 e. The molecule has 2 rings (SSSR count). The average molecular weight is 347 g/mol. The Hall–Kier alpha value is -1.42. The number of nitrogens with one attached hydrogen (secondary N) is 2. The Balaban J connectivity index is 2.06. The van der Waals surface area contributed by atoms with Gasteiger partial charge in [-0.15, -0.1) is 0 Å². The molecule has 130 valence electrons. The predicted octanol–water partition coefficient (Wildman–Crippen LogP) is 0.0264. The van der Waals surface area contributed by atoms with E-state index < -0.39 is 20.7 Å². The number of rotatable bonds is 7. The van der Waals surface area contributed by atoms with Crippen LogP contribution in [0.4, 0.5) is 4.39 Å². The zero-order chi connectivity index (χ0) is 16.9. The summed E-state index contributed by atoms with van der Waals surface area (Å²) in [7, 11) is -1.23. The molecule has 0 radical (unpaired) electrons. The fraction of sp³-hybridized carbons (Fsp3) is 0.571. The summed E-state index contributed by atoms with van der Waals surface area (Å²) in [4.78, 5) is 1.69. The number of piperazine rings is 1. The first-order valence-corrected chi connectivity index (χ1v) is 8.80. The lowest BCUT2D eigenvalue weighted by molar-refractivity contribution is 0.245. The molecule has 9 heteroatoms. The molecule has 1 aromatic rings. The zero-order valence-electron chi connectivity index (χ0n) is 13.3. The lowest BCUT2D eigenvalue weighted by atomic mass is 10.3. The van der Waals surface area contributed by atoms with Gasteiger partial charge < -0.3 is 14.8 Å². The van der Waals surface area contributed by atoms with E-state index >= 15 is 0 Å². The van der Waals surface area contributed by atoms with E-state index in [1.807, 2.05) is 0 Å². The van der Waals surface area contributed by atoms with Gasteiger partial charge in [0.05, 0.1) is 14.2 Å². The van der Waals surface area contributed by atoms with Gasteiger partial charge in [-0.2, -0.15) is 0 Å². The molecule has 0 bridgehead atoms. The molecule has 0 aromatic heterocycles. The summed E-state index contributed by atoms with van der Waals surface area (Å²) in [6, 6.07) is 2.13. The van der Waals surface area contributed by atoms with Gasteiger partial charge in [0.15, 0.2) is 11.5 Å². The minimum Gasteiger partial charge on any atom is -0.493 e. The number of sulfonamides is 1. The minimum absolute atomic E-state index is 0.143. The summed E-state index contributed by atoms with van der Waals surface area (Å²) >= 11 is 0. The number of nitrogens with zero attached hydrogens (tertiary/aromatic N) is 1. The predicted molar refractivity (Wildman–Crippen MR) is 84.0 cm³/mol. The van der Waals surface area contributed by atoms with Gasteiger partial charge in [0.25, 0.3) is 0 Å². The lowest BCUT2D eigenvalue weighted by Crippen LogP contribution is -2.46. The first kappa shape index (κ1) is 17.9. The second-order valence-electron chi connectivity index (χ2n) is 5.13. The van der Waals surface area contributed by atoms with Crippen molar-refractivity contribution in [2.75, 3.05) is 53.5 Å². The smallest absolute Gasteiger partial charge is 0.243 e. The quantitative estimate of drug-likeness (QED) is 0.724. The van der Waals surface area contributed by atoms with Crippen LogP contribution in [-0.2, 0) is 10.0 Å². The molecule has 1 aliphatic rings. The molecular weight excluding hydrogens is 325 g/mol. The van der Waals surface area contributed by atoms with Gasteiger partial charge in [-0.05, 0) is 0 Å².